The van der Waals surface area contributed by atoms with Crippen LogP contribution in [0.5, 0.6) is 0 Å². The van der Waals surface area contributed by atoms with Gasteiger partial charge in [0, 0.05) is 18.5 Å². The number of carbonyl (C=O) groups excluding carboxylic acids is 1. The molecule has 0 bridgehead atoms. The van der Waals surface area contributed by atoms with E-state index in [1.165, 1.54) is 0 Å². The number of carboxylic acids is 1. The molecule has 0 saturated carbocycles. The first-order valence-corrected chi connectivity index (χ1v) is 5.36. The summed E-state index contributed by atoms with van der Waals surface area (Å²) in [6.45, 7) is 8.47. The fraction of sp³-hybridized carbons (Fsp3) is 0.818. The Labute approximate surface area is 91.3 Å². The molecule has 0 atom stereocenters. The van der Waals surface area contributed by atoms with Crippen LogP contribution < -0.4 is 0 Å². The van der Waals surface area contributed by atoms with E-state index in [4.69, 9.17) is 5.11 Å². The summed E-state index contributed by atoms with van der Waals surface area (Å²) in [6, 6.07) is 0. The van der Waals surface area contributed by atoms with E-state index >= 15 is 0 Å². The standard InChI is InChI=1S/C11H21NO3/c1-5-11(3,4)10(15)12(6-2)8-7-9(13)14/h5-8H2,1-4H3,(H,13,14). The molecule has 1 N–H and O–H groups in total. The number of rotatable bonds is 6. The largest absolute Gasteiger partial charge is 0.481 e. The van der Waals surface area contributed by atoms with E-state index in [0.29, 0.717) is 13.1 Å². The van der Waals surface area contributed by atoms with Gasteiger partial charge in [-0.25, -0.2) is 0 Å². The highest BCUT2D eigenvalue weighted by Crippen LogP contribution is 2.22. The van der Waals surface area contributed by atoms with Crippen molar-refractivity contribution in [2.24, 2.45) is 5.41 Å². The first-order valence-electron chi connectivity index (χ1n) is 5.36. The van der Waals surface area contributed by atoms with Gasteiger partial charge in [-0.2, -0.15) is 0 Å². The van der Waals surface area contributed by atoms with Crippen LogP contribution in [-0.2, 0) is 9.59 Å². The van der Waals surface area contributed by atoms with Crippen molar-refractivity contribution in [3.63, 3.8) is 0 Å². The molecule has 0 aromatic heterocycles. The molecule has 0 rings (SSSR count). The summed E-state index contributed by atoms with van der Waals surface area (Å²) in [5.74, 6) is -0.829. The Bertz CT molecular complexity index is 236. The summed E-state index contributed by atoms with van der Waals surface area (Å²) < 4.78 is 0. The van der Waals surface area contributed by atoms with E-state index in [0.717, 1.165) is 6.42 Å². The minimum atomic E-state index is -0.865. The van der Waals surface area contributed by atoms with Gasteiger partial charge in [-0.3, -0.25) is 9.59 Å². The van der Waals surface area contributed by atoms with Crippen molar-refractivity contribution in [2.45, 2.75) is 40.5 Å². The molecule has 0 radical (unpaired) electrons. The van der Waals surface area contributed by atoms with E-state index in [1.807, 2.05) is 27.7 Å². The first-order chi connectivity index (χ1) is 6.85. The monoisotopic (exact) mass is 215 g/mol. The highest BCUT2D eigenvalue weighted by molar-refractivity contribution is 5.82. The van der Waals surface area contributed by atoms with Crippen LogP contribution in [0.4, 0.5) is 0 Å². The van der Waals surface area contributed by atoms with Gasteiger partial charge in [0.1, 0.15) is 0 Å². The van der Waals surface area contributed by atoms with E-state index in [9.17, 15) is 9.59 Å². The third-order valence-electron chi connectivity index (χ3n) is 2.73. The van der Waals surface area contributed by atoms with E-state index in [-0.39, 0.29) is 12.3 Å². The second kappa shape index (κ2) is 5.73. The van der Waals surface area contributed by atoms with E-state index in [2.05, 4.69) is 0 Å². The van der Waals surface area contributed by atoms with Crippen molar-refractivity contribution in [2.75, 3.05) is 13.1 Å². The molecule has 0 aliphatic carbocycles. The minimum Gasteiger partial charge on any atom is -0.481 e. The molecule has 0 aromatic rings. The van der Waals surface area contributed by atoms with Crippen LogP contribution in [0.2, 0.25) is 0 Å². The van der Waals surface area contributed by atoms with Crippen LogP contribution in [0.15, 0.2) is 0 Å². The molecule has 1 amide bonds. The van der Waals surface area contributed by atoms with Gasteiger partial charge in [0.25, 0.3) is 0 Å². The highest BCUT2D eigenvalue weighted by Gasteiger charge is 2.29. The number of hydrogen-bond acceptors (Lipinski definition) is 2. The molecular weight excluding hydrogens is 194 g/mol. The summed E-state index contributed by atoms with van der Waals surface area (Å²) in [4.78, 5) is 24.0. The van der Waals surface area contributed by atoms with Crippen LogP contribution in [0.1, 0.15) is 40.5 Å². The maximum absolute atomic E-state index is 12.0. The molecule has 0 aromatic carbocycles. The zero-order chi connectivity index (χ0) is 12.1. The quantitative estimate of drug-likeness (QED) is 0.734. The molecule has 0 spiro atoms. The van der Waals surface area contributed by atoms with Gasteiger partial charge in [0.2, 0.25) is 5.91 Å². The van der Waals surface area contributed by atoms with Crippen molar-refractivity contribution < 1.29 is 14.7 Å². The third kappa shape index (κ3) is 4.32. The van der Waals surface area contributed by atoms with E-state index in [1.54, 1.807) is 4.90 Å². The number of carbonyl (C=O) groups is 2. The molecule has 0 aliphatic heterocycles. The van der Waals surface area contributed by atoms with Crippen molar-refractivity contribution in [1.82, 2.24) is 4.90 Å². The van der Waals surface area contributed by atoms with E-state index < -0.39 is 11.4 Å². The predicted octanol–water partition coefficient (Wildman–Crippen LogP) is 1.75. The lowest BCUT2D eigenvalue weighted by atomic mass is 9.88. The molecule has 0 saturated heterocycles. The average Bonchev–Trinajstić information content (AvgIpc) is 2.18. The van der Waals surface area contributed by atoms with Gasteiger partial charge >= 0.3 is 5.97 Å². The number of amides is 1. The molecule has 0 fully saturated rings. The van der Waals surface area contributed by atoms with Gasteiger partial charge < -0.3 is 10.0 Å². The number of nitrogens with zero attached hydrogens (tertiary/aromatic N) is 1. The van der Waals surface area contributed by atoms with Gasteiger partial charge in [0.15, 0.2) is 0 Å². The second-order valence-corrected chi connectivity index (χ2v) is 4.27. The Morgan fingerprint density at radius 1 is 1.27 bits per heavy atom. The normalized spacial score (nSPS) is 11.2. The summed E-state index contributed by atoms with van der Waals surface area (Å²) in [5.41, 5.74) is -0.394. The SMILES string of the molecule is CCN(CCC(=O)O)C(=O)C(C)(C)CC. The summed E-state index contributed by atoms with van der Waals surface area (Å²) in [7, 11) is 0. The summed E-state index contributed by atoms with van der Waals surface area (Å²) >= 11 is 0. The van der Waals surface area contributed by atoms with Crippen LogP contribution in [0.3, 0.4) is 0 Å². The van der Waals surface area contributed by atoms with Crippen molar-refractivity contribution in [3.05, 3.63) is 0 Å². The highest BCUT2D eigenvalue weighted by atomic mass is 16.4. The molecule has 15 heavy (non-hydrogen) atoms. The van der Waals surface area contributed by atoms with Crippen molar-refractivity contribution >= 4 is 11.9 Å². The smallest absolute Gasteiger partial charge is 0.305 e. The van der Waals surface area contributed by atoms with Crippen LogP contribution in [0.25, 0.3) is 0 Å². The Morgan fingerprint density at radius 3 is 2.13 bits per heavy atom. The van der Waals surface area contributed by atoms with Gasteiger partial charge in [-0.1, -0.05) is 20.8 Å². The number of carboxylic acid groups (broad SMARTS) is 1. The first kappa shape index (κ1) is 13.9. The zero-order valence-corrected chi connectivity index (χ0v) is 10.0. The second-order valence-electron chi connectivity index (χ2n) is 4.27. The van der Waals surface area contributed by atoms with Gasteiger partial charge in [0.05, 0.1) is 6.42 Å². The topological polar surface area (TPSA) is 57.6 Å². The lowest BCUT2D eigenvalue weighted by molar-refractivity contribution is -0.142. The molecule has 4 heteroatoms. The Kier molecular flexibility index (Phi) is 5.33. The fourth-order valence-corrected chi connectivity index (χ4v) is 1.21. The molecule has 0 aliphatic rings. The number of hydrogen-bond donors (Lipinski definition) is 1. The Balaban J connectivity index is 4.41. The molecule has 0 heterocycles. The van der Waals surface area contributed by atoms with Crippen LogP contribution in [0, 0.1) is 5.41 Å². The molecule has 88 valence electrons. The zero-order valence-electron chi connectivity index (χ0n) is 10.0. The number of aliphatic carboxylic acids is 1. The minimum absolute atomic E-state index is 0.0133. The van der Waals surface area contributed by atoms with Crippen LogP contribution in [-0.4, -0.2) is 35.0 Å². The average molecular weight is 215 g/mol. The predicted molar refractivity (Wildman–Crippen MR) is 58.6 cm³/mol. The van der Waals surface area contributed by atoms with Crippen LogP contribution >= 0.6 is 0 Å². The lowest BCUT2D eigenvalue weighted by Crippen LogP contribution is -2.41. The Morgan fingerprint density at radius 2 is 1.80 bits per heavy atom. The summed E-state index contributed by atoms with van der Waals surface area (Å²) in [6.07, 6.45) is 0.773. The van der Waals surface area contributed by atoms with Crippen molar-refractivity contribution in [1.29, 1.82) is 0 Å². The van der Waals surface area contributed by atoms with Gasteiger partial charge in [-0.15, -0.1) is 0 Å². The molecule has 4 nitrogen and oxygen atoms in total. The summed E-state index contributed by atoms with van der Waals surface area (Å²) in [5, 5.41) is 8.56. The van der Waals surface area contributed by atoms with Gasteiger partial charge in [-0.05, 0) is 13.3 Å². The lowest BCUT2D eigenvalue weighted by Gasteiger charge is -2.30. The molecule has 0 unspecified atom stereocenters. The Hall–Kier alpha value is -1.06. The maximum Gasteiger partial charge on any atom is 0.305 e. The fourth-order valence-electron chi connectivity index (χ4n) is 1.21. The molecular formula is C11H21NO3. The van der Waals surface area contributed by atoms with Crippen molar-refractivity contribution in [3.8, 4) is 0 Å². The maximum atomic E-state index is 12.0. The third-order valence-corrected chi connectivity index (χ3v) is 2.73.